The van der Waals surface area contributed by atoms with Gasteiger partial charge < -0.3 is 19.7 Å². The summed E-state index contributed by atoms with van der Waals surface area (Å²) < 4.78 is 12.0. The molecule has 0 aliphatic carbocycles. The van der Waals surface area contributed by atoms with Gasteiger partial charge in [-0.15, -0.1) is 0 Å². The van der Waals surface area contributed by atoms with Crippen LogP contribution in [-0.2, 0) is 11.4 Å². The number of aryl methyl sites for hydroxylation is 1. The van der Waals surface area contributed by atoms with Crippen molar-refractivity contribution >= 4 is 23.1 Å². The number of carbonyl (C=O) groups excluding carboxylic acids is 1. The predicted molar refractivity (Wildman–Crippen MR) is 132 cm³/mol. The summed E-state index contributed by atoms with van der Waals surface area (Å²) in [5, 5.41) is 4.00. The molecule has 0 saturated heterocycles. The van der Waals surface area contributed by atoms with Crippen molar-refractivity contribution in [1.29, 1.82) is 0 Å². The lowest BCUT2D eigenvalue weighted by molar-refractivity contribution is -0.114. The molecule has 1 heterocycles. The van der Waals surface area contributed by atoms with Crippen LogP contribution in [0.1, 0.15) is 56.8 Å². The highest BCUT2D eigenvalue weighted by Gasteiger charge is 2.32. The molecule has 2 aromatic carbocycles. The fraction of sp³-hybridized carbons (Fsp3) is 0.385. The van der Waals surface area contributed by atoms with Gasteiger partial charge in [-0.1, -0.05) is 37.3 Å². The molecular weight excluding hydrogens is 420 g/mol. The van der Waals surface area contributed by atoms with Crippen LogP contribution in [0.3, 0.4) is 0 Å². The molecule has 0 saturated carbocycles. The summed E-state index contributed by atoms with van der Waals surface area (Å²) in [6.07, 6.45) is 0.941. The Balaban J connectivity index is 1.93. The third-order valence-electron chi connectivity index (χ3n) is 5.67. The van der Waals surface area contributed by atoms with E-state index in [1.807, 2.05) is 49.1 Å². The Morgan fingerprint density at radius 1 is 1.09 bits per heavy atom. The average Bonchev–Trinajstić information content (AvgIpc) is 2.76. The molecular formula is C26H32N2O3S. The number of hydrogen-bond donors (Lipinski definition) is 1. The minimum atomic E-state index is -0.322. The lowest BCUT2D eigenvalue weighted by Gasteiger charge is -2.37. The van der Waals surface area contributed by atoms with Gasteiger partial charge in [-0.05, 0) is 75.2 Å². The van der Waals surface area contributed by atoms with Crippen molar-refractivity contribution in [2.24, 2.45) is 0 Å². The van der Waals surface area contributed by atoms with Crippen LogP contribution in [0.4, 0.5) is 0 Å². The van der Waals surface area contributed by atoms with Crippen LogP contribution >= 0.6 is 12.2 Å². The third-order valence-corrected chi connectivity index (χ3v) is 6.01. The van der Waals surface area contributed by atoms with E-state index in [0.29, 0.717) is 29.8 Å². The van der Waals surface area contributed by atoms with Gasteiger partial charge in [0.1, 0.15) is 6.61 Å². The molecule has 1 N–H and O–H groups in total. The van der Waals surface area contributed by atoms with Crippen LogP contribution in [0, 0.1) is 6.92 Å². The Morgan fingerprint density at radius 2 is 1.84 bits per heavy atom. The molecule has 3 rings (SSSR count). The van der Waals surface area contributed by atoms with Crippen LogP contribution in [0.2, 0.25) is 0 Å². The van der Waals surface area contributed by atoms with Gasteiger partial charge in [-0.2, -0.15) is 0 Å². The second kappa shape index (κ2) is 10.6. The maximum Gasteiger partial charge on any atom is 0.173 e. The van der Waals surface area contributed by atoms with Gasteiger partial charge in [0.05, 0.1) is 12.6 Å². The number of ether oxygens (including phenoxy) is 2. The van der Waals surface area contributed by atoms with E-state index in [1.54, 1.807) is 6.92 Å². The zero-order chi connectivity index (χ0) is 23.3. The van der Waals surface area contributed by atoms with Gasteiger partial charge in [0, 0.05) is 17.8 Å². The summed E-state index contributed by atoms with van der Waals surface area (Å²) in [5.74, 6) is 1.36. The topological polar surface area (TPSA) is 50.8 Å². The van der Waals surface area contributed by atoms with E-state index in [-0.39, 0.29) is 11.8 Å². The summed E-state index contributed by atoms with van der Waals surface area (Å²) in [5.41, 5.74) is 4.87. The van der Waals surface area contributed by atoms with Crippen LogP contribution in [0.25, 0.3) is 0 Å². The zero-order valence-corrected chi connectivity index (χ0v) is 20.3. The Bertz CT molecular complexity index is 1030. The van der Waals surface area contributed by atoms with E-state index < -0.39 is 0 Å². The molecule has 0 fully saturated rings. The molecule has 2 aromatic rings. The minimum Gasteiger partial charge on any atom is -0.490 e. The molecule has 0 spiro atoms. The Labute approximate surface area is 196 Å². The van der Waals surface area contributed by atoms with Gasteiger partial charge in [0.15, 0.2) is 22.4 Å². The first-order valence-electron chi connectivity index (χ1n) is 11.1. The van der Waals surface area contributed by atoms with Crippen molar-refractivity contribution in [1.82, 2.24) is 10.2 Å². The second-order valence-corrected chi connectivity index (χ2v) is 8.33. The van der Waals surface area contributed by atoms with E-state index in [9.17, 15) is 4.79 Å². The Hall–Kier alpha value is -2.86. The number of benzene rings is 2. The summed E-state index contributed by atoms with van der Waals surface area (Å²) in [4.78, 5) is 14.6. The normalized spacial score (nSPS) is 16.1. The number of hydrogen-bond acceptors (Lipinski definition) is 4. The molecule has 32 heavy (non-hydrogen) atoms. The van der Waals surface area contributed by atoms with Crippen molar-refractivity contribution in [2.45, 2.75) is 53.7 Å². The molecule has 5 nitrogen and oxygen atoms in total. The standard InChI is InChI=1S/C26H32N2O3S/c1-6-14-28-18(4)24(19(5)29)25(27-26(28)32)20-12-13-22(23(15-20)30-7-2)31-16-21-11-9-8-10-17(21)3/h8-13,15,25H,6-7,14,16H2,1-5H3,(H,27,32). The number of thiocarbonyl (C=S) groups is 1. The SMILES string of the molecule is CCCN1C(=S)NC(c2ccc(OCc3ccccc3C)c(OCC)c2)C(C(C)=O)=C1C. The van der Waals surface area contributed by atoms with Crippen LogP contribution in [-0.4, -0.2) is 28.9 Å². The number of rotatable bonds is 9. The maximum absolute atomic E-state index is 12.6. The summed E-state index contributed by atoms with van der Waals surface area (Å²) in [7, 11) is 0. The van der Waals surface area contributed by atoms with Crippen molar-refractivity contribution in [3.05, 3.63) is 70.4 Å². The number of carbonyl (C=O) groups is 1. The predicted octanol–water partition coefficient (Wildman–Crippen LogP) is 5.48. The maximum atomic E-state index is 12.6. The summed E-state index contributed by atoms with van der Waals surface area (Å²) in [6.45, 7) is 11.4. The first kappa shape index (κ1) is 23.8. The highest BCUT2D eigenvalue weighted by atomic mass is 32.1. The van der Waals surface area contributed by atoms with Crippen LogP contribution in [0.15, 0.2) is 53.7 Å². The van der Waals surface area contributed by atoms with E-state index in [0.717, 1.165) is 35.4 Å². The molecule has 170 valence electrons. The van der Waals surface area contributed by atoms with Gasteiger partial charge >= 0.3 is 0 Å². The number of Topliss-reactive ketones (excluding diaryl/α,β-unsaturated/α-hetero) is 1. The largest absolute Gasteiger partial charge is 0.490 e. The number of allylic oxidation sites excluding steroid dienone is 1. The first-order chi connectivity index (χ1) is 15.4. The van der Waals surface area contributed by atoms with Crippen molar-refractivity contribution in [2.75, 3.05) is 13.2 Å². The zero-order valence-electron chi connectivity index (χ0n) is 19.5. The molecule has 0 radical (unpaired) electrons. The van der Waals surface area contributed by atoms with E-state index in [2.05, 4.69) is 31.3 Å². The fourth-order valence-electron chi connectivity index (χ4n) is 4.00. The fourth-order valence-corrected chi connectivity index (χ4v) is 4.35. The summed E-state index contributed by atoms with van der Waals surface area (Å²) >= 11 is 5.62. The van der Waals surface area contributed by atoms with Gasteiger partial charge in [0.25, 0.3) is 0 Å². The number of ketones is 1. The van der Waals surface area contributed by atoms with Crippen molar-refractivity contribution < 1.29 is 14.3 Å². The molecule has 0 amide bonds. The lowest BCUT2D eigenvalue weighted by Crippen LogP contribution is -2.47. The van der Waals surface area contributed by atoms with Crippen molar-refractivity contribution in [3.8, 4) is 11.5 Å². The Kier molecular flexibility index (Phi) is 7.91. The average molecular weight is 453 g/mol. The second-order valence-electron chi connectivity index (χ2n) is 7.94. The monoisotopic (exact) mass is 452 g/mol. The highest BCUT2D eigenvalue weighted by molar-refractivity contribution is 7.80. The smallest absolute Gasteiger partial charge is 0.173 e. The van der Waals surface area contributed by atoms with E-state index in [1.165, 1.54) is 5.56 Å². The molecule has 1 aliphatic rings. The Morgan fingerprint density at radius 3 is 2.50 bits per heavy atom. The molecule has 1 atom stereocenters. The van der Waals surface area contributed by atoms with Gasteiger partial charge in [-0.3, -0.25) is 4.79 Å². The molecule has 1 aliphatic heterocycles. The molecule has 0 aromatic heterocycles. The van der Waals surface area contributed by atoms with E-state index in [4.69, 9.17) is 21.7 Å². The number of nitrogens with one attached hydrogen (secondary N) is 1. The van der Waals surface area contributed by atoms with Gasteiger partial charge in [0.2, 0.25) is 0 Å². The minimum absolute atomic E-state index is 0.0291. The molecule has 0 bridgehead atoms. The summed E-state index contributed by atoms with van der Waals surface area (Å²) in [6, 6.07) is 13.7. The van der Waals surface area contributed by atoms with Crippen LogP contribution in [0.5, 0.6) is 11.5 Å². The number of nitrogens with zero attached hydrogens (tertiary/aromatic N) is 1. The first-order valence-corrected chi connectivity index (χ1v) is 11.5. The quantitative estimate of drug-likeness (QED) is 0.509. The lowest BCUT2D eigenvalue weighted by atomic mass is 9.92. The molecule has 6 heteroatoms. The molecule has 1 unspecified atom stereocenters. The van der Waals surface area contributed by atoms with Crippen molar-refractivity contribution in [3.63, 3.8) is 0 Å². The highest BCUT2D eigenvalue weighted by Crippen LogP contribution is 2.36. The van der Waals surface area contributed by atoms with E-state index >= 15 is 0 Å². The van der Waals surface area contributed by atoms with Gasteiger partial charge in [-0.25, -0.2) is 0 Å². The van der Waals surface area contributed by atoms with Crippen LogP contribution < -0.4 is 14.8 Å². The third kappa shape index (κ3) is 5.13.